The summed E-state index contributed by atoms with van der Waals surface area (Å²) in [6.07, 6.45) is 3.19. The number of carbonyl (C=O) groups is 3. The predicted molar refractivity (Wildman–Crippen MR) is 209 cm³/mol. The molecular formula is C33H32N9NaO11S4. The van der Waals surface area contributed by atoms with Crippen molar-refractivity contribution in [2.45, 2.75) is 29.8 Å². The number of nitrogen functional groups attached to an aromatic ring is 1. The second-order valence-electron chi connectivity index (χ2n) is 12.5. The van der Waals surface area contributed by atoms with Crippen molar-refractivity contribution in [3.63, 3.8) is 0 Å². The fourth-order valence-electron chi connectivity index (χ4n) is 5.83. The molecule has 300 valence electrons. The Balaban J connectivity index is 0.00000331. The number of hydrogen-bond acceptors (Lipinski definition) is 20. The third-order valence-electron chi connectivity index (χ3n) is 8.52. The molecule has 2 amide bonds. The summed E-state index contributed by atoms with van der Waals surface area (Å²) in [5.74, 6) is -4.47. The van der Waals surface area contributed by atoms with E-state index in [0.717, 1.165) is 28.4 Å². The number of β-lactam (4-membered cyclic amide) rings is 1. The number of carbonyl (C=O) groups excluding carboxylic acids is 2. The van der Waals surface area contributed by atoms with Crippen molar-refractivity contribution >= 4 is 79.0 Å². The van der Waals surface area contributed by atoms with E-state index < -0.39 is 56.4 Å². The number of thiazole rings is 1. The molecule has 58 heavy (non-hydrogen) atoms. The number of oxime groups is 1. The first-order chi connectivity index (χ1) is 27.1. The molecule has 7 rings (SSSR count). The number of amides is 2. The van der Waals surface area contributed by atoms with E-state index in [0.29, 0.717) is 27.7 Å². The summed E-state index contributed by atoms with van der Waals surface area (Å²) < 4.78 is 26.2. The second kappa shape index (κ2) is 17.1. The molecule has 2 atom stereocenters. The monoisotopic (exact) mass is 881 g/mol. The second-order valence-corrected chi connectivity index (χ2v) is 17.5. The minimum Gasteiger partial charge on any atom is -1.00 e. The molecule has 0 radical (unpaired) electrons. The van der Waals surface area contributed by atoms with Crippen LogP contribution in [-0.4, -0.2) is 112 Å². The average Bonchev–Trinajstić information content (AvgIpc) is 3.77. The summed E-state index contributed by atoms with van der Waals surface area (Å²) in [4.78, 5) is 54.5. The van der Waals surface area contributed by atoms with Gasteiger partial charge in [0.05, 0.1) is 16.1 Å². The molecule has 20 nitrogen and oxygen atoms in total. The zero-order valence-electron chi connectivity index (χ0n) is 31.3. The third kappa shape index (κ3) is 8.73. The van der Waals surface area contributed by atoms with Crippen molar-refractivity contribution in [2.75, 3.05) is 23.1 Å². The van der Waals surface area contributed by atoms with E-state index in [1.807, 2.05) is 0 Å². The first-order valence-corrected chi connectivity index (χ1v) is 21.0. The normalized spacial score (nSPS) is 19.0. The fraction of sp³-hybridized carbons (Fsp3) is 0.212. The number of fused-ring (bicyclic) bond motifs is 2. The number of rotatable bonds is 13. The topological polar surface area (TPSA) is 293 Å². The van der Waals surface area contributed by atoms with Gasteiger partial charge < -0.3 is 42.8 Å². The van der Waals surface area contributed by atoms with Crippen LogP contribution in [0.3, 0.4) is 0 Å². The molecule has 3 aromatic rings. The maximum atomic E-state index is 13.5. The number of benzene rings is 2. The molecule has 5 heterocycles. The minimum absolute atomic E-state index is 0. The number of phenolic OH excluding ortho intramolecular Hbond substituents is 4. The van der Waals surface area contributed by atoms with Crippen LogP contribution in [0.1, 0.15) is 19.6 Å². The van der Waals surface area contributed by atoms with Crippen LogP contribution in [0.4, 0.5) is 5.13 Å². The van der Waals surface area contributed by atoms with Gasteiger partial charge in [-0.2, -0.15) is 0 Å². The van der Waals surface area contributed by atoms with Gasteiger partial charge in [0, 0.05) is 28.7 Å². The van der Waals surface area contributed by atoms with Gasteiger partial charge in [-0.25, -0.2) is 28.2 Å². The summed E-state index contributed by atoms with van der Waals surface area (Å²) in [5, 5.41) is 59.7. The maximum Gasteiger partial charge on any atom is 1.00 e. The van der Waals surface area contributed by atoms with Gasteiger partial charge in [-0.15, -0.1) is 40.4 Å². The number of hydrogen-bond donors (Lipinski definition) is 8. The SMILES string of the molecule is CC1=NC2=CN(CS(=O)(=O)c3ccc(O)c(O)c3)NN2C(SCC2=C(C(=O)O)N3C(=O)[C@@H](NC(=O)/C(=N\OCc4ccc(O)c(O)c4)c4csc(N)n4)[C@H]3SC2)=C1.[H-].[Na+]. The van der Waals surface area contributed by atoms with Crippen LogP contribution in [0, 0.1) is 0 Å². The Bertz CT molecular complexity index is 2480. The molecule has 0 aliphatic carbocycles. The van der Waals surface area contributed by atoms with E-state index in [1.54, 1.807) is 13.0 Å². The largest absolute Gasteiger partial charge is 1.00 e. The van der Waals surface area contributed by atoms with Crippen LogP contribution < -0.4 is 46.1 Å². The minimum atomic E-state index is -3.99. The van der Waals surface area contributed by atoms with Crippen LogP contribution in [0.5, 0.6) is 23.0 Å². The van der Waals surface area contributed by atoms with Gasteiger partial charge in [0.1, 0.15) is 35.3 Å². The van der Waals surface area contributed by atoms with Gasteiger partial charge in [0.2, 0.25) is 0 Å². The zero-order chi connectivity index (χ0) is 40.8. The Morgan fingerprint density at radius 2 is 1.86 bits per heavy atom. The van der Waals surface area contributed by atoms with Gasteiger partial charge in [-0.05, 0) is 48.4 Å². The summed E-state index contributed by atoms with van der Waals surface area (Å²) in [6.45, 7) is 1.54. The number of aliphatic imine (C=N–C) groups is 1. The number of aromatic hydroxyl groups is 4. The number of nitrogens with one attached hydrogen (secondary N) is 2. The number of carboxylic acids is 1. The summed E-state index contributed by atoms with van der Waals surface area (Å²) >= 11 is 3.52. The average molecular weight is 882 g/mol. The number of aliphatic carboxylic acids is 1. The Kier molecular flexibility index (Phi) is 12.6. The van der Waals surface area contributed by atoms with Crippen molar-refractivity contribution in [2.24, 2.45) is 10.1 Å². The number of anilines is 1. The van der Waals surface area contributed by atoms with Crippen LogP contribution in [0.25, 0.3) is 0 Å². The summed E-state index contributed by atoms with van der Waals surface area (Å²) in [6, 6.07) is 6.06. The quantitative estimate of drug-likeness (QED) is 0.0323. The third-order valence-corrected chi connectivity index (χ3v) is 13.2. The smallest absolute Gasteiger partial charge is 1.00 e. The van der Waals surface area contributed by atoms with Gasteiger partial charge in [-0.3, -0.25) is 19.5 Å². The molecule has 2 aromatic carbocycles. The van der Waals surface area contributed by atoms with Crippen molar-refractivity contribution < 1.29 is 84.2 Å². The molecule has 4 aliphatic heterocycles. The Morgan fingerprint density at radius 3 is 2.53 bits per heavy atom. The first kappa shape index (κ1) is 42.7. The van der Waals surface area contributed by atoms with Crippen molar-refractivity contribution in [1.29, 1.82) is 0 Å². The van der Waals surface area contributed by atoms with Crippen LogP contribution in [0.15, 0.2) is 91.2 Å². The number of nitrogens with zero attached hydrogens (tertiary/aromatic N) is 6. The molecule has 1 fully saturated rings. The van der Waals surface area contributed by atoms with E-state index in [2.05, 4.69) is 26.0 Å². The Hall–Kier alpha value is -4.95. The molecule has 1 saturated heterocycles. The Labute approximate surface area is 365 Å². The molecule has 0 saturated carbocycles. The van der Waals surface area contributed by atoms with E-state index in [4.69, 9.17) is 10.6 Å². The van der Waals surface area contributed by atoms with Gasteiger partial charge in [0.25, 0.3) is 11.8 Å². The van der Waals surface area contributed by atoms with Crippen molar-refractivity contribution in [1.82, 2.24) is 30.8 Å². The number of carboxylic acid groups (broad SMARTS) is 1. The van der Waals surface area contributed by atoms with E-state index >= 15 is 0 Å². The van der Waals surface area contributed by atoms with Crippen LogP contribution >= 0.6 is 34.9 Å². The molecule has 1 aromatic heterocycles. The molecular weight excluding hydrogens is 850 g/mol. The summed E-state index contributed by atoms with van der Waals surface area (Å²) in [7, 11) is -3.99. The number of aromatic nitrogens is 1. The molecule has 9 N–H and O–H groups in total. The standard InChI is InChI=1S/C33H31N9O11S4.Na.H/c1-15-6-25(42-24(35-15)9-40(39-42)14-57(51,52)18-3-5-21(44)23(46)8-18)54-11-17-12-55-31-27(30(48)41(31)28(17)32(49)50)37-29(47)26(19-13-56-33(34)36-19)38-53-10-16-2-4-20(43)22(45)7-16;;/h2-9,13,27,31,39,43-46H,10-12,14H2,1H3,(H2,34,36)(H,37,47)(H,49,50);;/q;+1;-1/b38-26-;;/t27-,31-;;/m1../s1. The number of sulfone groups is 1. The summed E-state index contributed by atoms with van der Waals surface area (Å²) in [5.41, 5.74) is 9.70. The predicted octanol–water partition coefficient (Wildman–Crippen LogP) is -1.36. The van der Waals surface area contributed by atoms with E-state index in [9.17, 15) is 48.3 Å². The van der Waals surface area contributed by atoms with Gasteiger partial charge >= 0.3 is 35.5 Å². The number of nitrogens with two attached hydrogens (primary N) is 1. The van der Waals surface area contributed by atoms with Crippen LogP contribution in [0.2, 0.25) is 0 Å². The zero-order valence-corrected chi connectivity index (χ0v) is 35.5. The fourth-order valence-corrected chi connectivity index (χ4v) is 10.1. The maximum absolute atomic E-state index is 13.5. The number of phenols is 4. The van der Waals surface area contributed by atoms with E-state index in [1.165, 1.54) is 69.4 Å². The van der Waals surface area contributed by atoms with Gasteiger partial charge in [-0.1, -0.05) is 11.2 Å². The molecule has 0 spiro atoms. The van der Waals surface area contributed by atoms with E-state index in [-0.39, 0.29) is 87.7 Å². The number of allylic oxidation sites excluding steroid dienone is 1. The molecule has 4 aliphatic rings. The number of hydrazine groups is 2. The van der Waals surface area contributed by atoms with Crippen LogP contribution in [-0.2, 0) is 35.7 Å². The molecule has 0 bridgehead atoms. The molecule has 25 heteroatoms. The molecule has 0 unspecified atom stereocenters. The number of thioether (sulfide) groups is 2. The first-order valence-electron chi connectivity index (χ1n) is 16.4. The van der Waals surface area contributed by atoms with Gasteiger partial charge in [0.15, 0.2) is 49.5 Å². The Morgan fingerprint density at radius 1 is 1.14 bits per heavy atom. The van der Waals surface area contributed by atoms with Crippen molar-refractivity contribution in [3.8, 4) is 23.0 Å². The van der Waals surface area contributed by atoms with Crippen molar-refractivity contribution in [3.05, 3.63) is 87.4 Å².